The van der Waals surface area contributed by atoms with Crippen LogP contribution in [0.1, 0.15) is 5.01 Å². The molecule has 0 aliphatic heterocycles. The van der Waals surface area contributed by atoms with Gasteiger partial charge in [-0.2, -0.15) is 0 Å². The maximum atomic E-state index is 10.7. The molecule has 2 amide bonds. The number of anilines is 1. The Hall–Kier alpha value is -1.88. The van der Waals surface area contributed by atoms with Gasteiger partial charge in [-0.1, -0.05) is 12.1 Å². The number of nitrogens with two attached hydrogens (primary N) is 1. The maximum absolute atomic E-state index is 10.7. The highest BCUT2D eigenvalue weighted by atomic mass is 32.1. The minimum absolute atomic E-state index is 0.563. The summed E-state index contributed by atoms with van der Waals surface area (Å²) in [6.07, 6.45) is 0. The Morgan fingerprint density at radius 1 is 1.50 bits per heavy atom. The van der Waals surface area contributed by atoms with Crippen molar-refractivity contribution < 1.29 is 4.79 Å². The molecular formula is C11H11N3OS. The number of urea groups is 1. The fourth-order valence-corrected chi connectivity index (χ4v) is 2.02. The van der Waals surface area contributed by atoms with E-state index in [2.05, 4.69) is 10.3 Å². The van der Waals surface area contributed by atoms with Crippen LogP contribution in [0, 0.1) is 6.92 Å². The third-order valence-corrected chi connectivity index (χ3v) is 2.82. The molecule has 0 bridgehead atoms. The molecule has 4 nitrogen and oxygen atoms in total. The molecule has 0 atom stereocenters. The van der Waals surface area contributed by atoms with Gasteiger partial charge in [0.25, 0.3) is 0 Å². The number of carbonyl (C=O) groups excluding carboxylic acids is 1. The van der Waals surface area contributed by atoms with Crippen molar-refractivity contribution in [1.29, 1.82) is 0 Å². The molecule has 0 radical (unpaired) electrons. The minimum Gasteiger partial charge on any atom is -0.351 e. The first kappa shape index (κ1) is 10.6. The normalized spacial score (nSPS) is 10.1. The van der Waals surface area contributed by atoms with Crippen molar-refractivity contribution in [2.24, 2.45) is 5.73 Å². The Morgan fingerprint density at radius 2 is 2.31 bits per heavy atom. The van der Waals surface area contributed by atoms with E-state index < -0.39 is 6.03 Å². The van der Waals surface area contributed by atoms with E-state index in [0.29, 0.717) is 5.69 Å². The van der Waals surface area contributed by atoms with E-state index >= 15 is 0 Å². The molecule has 2 aromatic rings. The van der Waals surface area contributed by atoms with E-state index in [0.717, 1.165) is 16.3 Å². The molecule has 3 N–H and O–H groups in total. The predicted octanol–water partition coefficient (Wildman–Crippen LogP) is 2.61. The highest BCUT2D eigenvalue weighted by Crippen LogP contribution is 2.23. The lowest BCUT2D eigenvalue weighted by molar-refractivity contribution is 0.259. The molecule has 0 saturated carbocycles. The molecule has 0 saturated heterocycles. The molecular weight excluding hydrogens is 222 g/mol. The van der Waals surface area contributed by atoms with Crippen LogP contribution in [0.2, 0.25) is 0 Å². The average molecular weight is 233 g/mol. The summed E-state index contributed by atoms with van der Waals surface area (Å²) in [6.45, 7) is 1.96. The molecule has 0 spiro atoms. The van der Waals surface area contributed by atoms with Crippen molar-refractivity contribution in [3.8, 4) is 11.3 Å². The van der Waals surface area contributed by atoms with Gasteiger partial charge in [-0.25, -0.2) is 9.78 Å². The minimum atomic E-state index is -0.563. The van der Waals surface area contributed by atoms with Gasteiger partial charge in [0.2, 0.25) is 0 Å². The number of aromatic nitrogens is 1. The molecule has 1 heterocycles. The molecule has 1 aromatic heterocycles. The zero-order chi connectivity index (χ0) is 11.5. The summed E-state index contributed by atoms with van der Waals surface area (Å²) in [6, 6.07) is 6.87. The van der Waals surface area contributed by atoms with Crippen LogP contribution in [0.5, 0.6) is 0 Å². The smallest absolute Gasteiger partial charge is 0.316 e. The zero-order valence-corrected chi connectivity index (χ0v) is 9.54. The molecule has 0 aliphatic rings. The average Bonchev–Trinajstić information content (AvgIpc) is 2.64. The summed E-state index contributed by atoms with van der Waals surface area (Å²) in [4.78, 5) is 15.1. The number of hydrogen-bond acceptors (Lipinski definition) is 3. The number of thiazole rings is 1. The molecule has 5 heteroatoms. The number of carbonyl (C=O) groups is 1. The van der Waals surface area contributed by atoms with Crippen LogP contribution in [0.3, 0.4) is 0 Å². The summed E-state index contributed by atoms with van der Waals surface area (Å²) in [5, 5.41) is 5.54. The van der Waals surface area contributed by atoms with Gasteiger partial charge >= 0.3 is 6.03 Å². The van der Waals surface area contributed by atoms with Crippen molar-refractivity contribution in [1.82, 2.24) is 4.98 Å². The number of benzene rings is 1. The number of nitrogens with one attached hydrogen (secondary N) is 1. The number of nitrogens with zero attached hydrogens (tertiary/aromatic N) is 1. The van der Waals surface area contributed by atoms with Crippen molar-refractivity contribution in [3.05, 3.63) is 34.7 Å². The second kappa shape index (κ2) is 4.32. The summed E-state index contributed by atoms with van der Waals surface area (Å²) >= 11 is 1.60. The molecule has 0 fully saturated rings. The van der Waals surface area contributed by atoms with Gasteiger partial charge in [-0.15, -0.1) is 11.3 Å². The standard InChI is InChI=1S/C11H11N3OS/c1-7-13-10(6-16-7)8-3-2-4-9(5-8)14-11(12)15/h2-6H,1H3,(H3,12,14,15). The predicted molar refractivity (Wildman–Crippen MR) is 65.5 cm³/mol. The Balaban J connectivity index is 2.32. The summed E-state index contributed by atoms with van der Waals surface area (Å²) < 4.78 is 0. The fourth-order valence-electron chi connectivity index (χ4n) is 1.39. The Bertz CT molecular complexity index is 521. The molecule has 2 rings (SSSR count). The Labute approximate surface area is 97.1 Å². The fraction of sp³-hybridized carbons (Fsp3) is 0.0909. The number of primary amides is 1. The van der Waals surface area contributed by atoms with Gasteiger partial charge in [-0.05, 0) is 19.1 Å². The quantitative estimate of drug-likeness (QED) is 0.837. The van der Waals surface area contributed by atoms with E-state index in [1.54, 1.807) is 17.4 Å². The highest BCUT2D eigenvalue weighted by Gasteiger charge is 2.03. The lowest BCUT2D eigenvalue weighted by Gasteiger charge is -2.03. The van der Waals surface area contributed by atoms with Crippen molar-refractivity contribution >= 4 is 23.1 Å². The van der Waals surface area contributed by atoms with Gasteiger partial charge in [0.1, 0.15) is 0 Å². The van der Waals surface area contributed by atoms with Gasteiger partial charge in [0, 0.05) is 16.6 Å². The summed E-state index contributed by atoms with van der Waals surface area (Å²) in [5.74, 6) is 0. The molecule has 0 aliphatic carbocycles. The van der Waals surface area contributed by atoms with Gasteiger partial charge in [0.15, 0.2) is 0 Å². The van der Waals surface area contributed by atoms with Crippen molar-refractivity contribution in [2.45, 2.75) is 6.92 Å². The van der Waals surface area contributed by atoms with E-state index in [9.17, 15) is 4.79 Å². The van der Waals surface area contributed by atoms with Crippen LogP contribution < -0.4 is 11.1 Å². The summed E-state index contributed by atoms with van der Waals surface area (Å²) in [5.41, 5.74) is 7.61. The monoisotopic (exact) mass is 233 g/mol. The molecule has 16 heavy (non-hydrogen) atoms. The lowest BCUT2D eigenvalue weighted by Crippen LogP contribution is -2.19. The van der Waals surface area contributed by atoms with Gasteiger partial charge in [-0.3, -0.25) is 0 Å². The lowest BCUT2D eigenvalue weighted by atomic mass is 10.1. The third-order valence-electron chi connectivity index (χ3n) is 2.04. The highest BCUT2D eigenvalue weighted by molar-refractivity contribution is 7.09. The van der Waals surface area contributed by atoms with E-state index in [1.165, 1.54) is 0 Å². The van der Waals surface area contributed by atoms with Crippen LogP contribution in [-0.4, -0.2) is 11.0 Å². The first-order valence-corrected chi connectivity index (χ1v) is 5.62. The first-order chi connectivity index (χ1) is 7.65. The van der Waals surface area contributed by atoms with Crippen molar-refractivity contribution in [3.63, 3.8) is 0 Å². The van der Waals surface area contributed by atoms with Crippen LogP contribution in [0.25, 0.3) is 11.3 Å². The summed E-state index contributed by atoms with van der Waals surface area (Å²) in [7, 11) is 0. The zero-order valence-electron chi connectivity index (χ0n) is 8.73. The van der Waals surface area contributed by atoms with Crippen LogP contribution in [0.15, 0.2) is 29.6 Å². The van der Waals surface area contributed by atoms with Crippen LogP contribution in [-0.2, 0) is 0 Å². The number of aryl methyl sites for hydroxylation is 1. The topological polar surface area (TPSA) is 68.0 Å². The first-order valence-electron chi connectivity index (χ1n) is 4.74. The molecule has 0 unspecified atom stereocenters. The van der Waals surface area contributed by atoms with Crippen LogP contribution >= 0.6 is 11.3 Å². The Morgan fingerprint density at radius 3 is 2.94 bits per heavy atom. The number of hydrogen-bond donors (Lipinski definition) is 2. The van der Waals surface area contributed by atoms with E-state index in [1.807, 2.05) is 30.5 Å². The van der Waals surface area contributed by atoms with E-state index in [-0.39, 0.29) is 0 Å². The second-order valence-electron chi connectivity index (χ2n) is 3.32. The third kappa shape index (κ3) is 2.38. The second-order valence-corrected chi connectivity index (χ2v) is 4.38. The number of amides is 2. The van der Waals surface area contributed by atoms with Gasteiger partial charge in [0.05, 0.1) is 10.7 Å². The van der Waals surface area contributed by atoms with Crippen molar-refractivity contribution in [2.75, 3.05) is 5.32 Å². The Kier molecular flexibility index (Phi) is 2.87. The maximum Gasteiger partial charge on any atom is 0.316 e. The molecule has 82 valence electrons. The van der Waals surface area contributed by atoms with Crippen LogP contribution in [0.4, 0.5) is 10.5 Å². The van der Waals surface area contributed by atoms with E-state index in [4.69, 9.17) is 5.73 Å². The van der Waals surface area contributed by atoms with Gasteiger partial charge < -0.3 is 11.1 Å². The molecule has 1 aromatic carbocycles. The largest absolute Gasteiger partial charge is 0.351 e. The SMILES string of the molecule is Cc1nc(-c2cccc(NC(N)=O)c2)cs1. The number of rotatable bonds is 2.